The van der Waals surface area contributed by atoms with Crippen LogP contribution in [0.5, 0.6) is 11.5 Å². The molecule has 0 fully saturated rings. The third kappa shape index (κ3) is 5.42. The number of carbonyl (C=O) groups is 1. The summed E-state index contributed by atoms with van der Waals surface area (Å²) in [7, 11) is 0. The standard InChI is InChI=1S/C16H20O3/c1-5-13(4)6-7-18-15-8-14(11-17)9-16(10-15)19-12(2)3/h5,8-12H,1,4,6-7H2,2-3H3. The second kappa shape index (κ2) is 7.41. The highest BCUT2D eigenvalue weighted by atomic mass is 16.5. The van der Waals surface area contributed by atoms with Crippen molar-refractivity contribution in [3.8, 4) is 11.5 Å². The summed E-state index contributed by atoms with van der Waals surface area (Å²) in [6, 6.07) is 5.17. The van der Waals surface area contributed by atoms with Crippen LogP contribution >= 0.6 is 0 Å². The van der Waals surface area contributed by atoms with Crippen LogP contribution in [0, 0.1) is 0 Å². The summed E-state index contributed by atoms with van der Waals surface area (Å²) in [5.74, 6) is 1.26. The monoisotopic (exact) mass is 260 g/mol. The van der Waals surface area contributed by atoms with E-state index in [1.807, 2.05) is 13.8 Å². The molecular weight excluding hydrogens is 240 g/mol. The third-order valence-electron chi connectivity index (χ3n) is 2.39. The number of hydrogen-bond acceptors (Lipinski definition) is 3. The molecule has 0 N–H and O–H groups in total. The lowest BCUT2D eigenvalue weighted by Crippen LogP contribution is -2.06. The number of aldehydes is 1. The van der Waals surface area contributed by atoms with Crippen LogP contribution in [0.2, 0.25) is 0 Å². The highest BCUT2D eigenvalue weighted by Crippen LogP contribution is 2.23. The van der Waals surface area contributed by atoms with E-state index < -0.39 is 0 Å². The van der Waals surface area contributed by atoms with E-state index in [0.717, 1.165) is 11.9 Å². The van der Waals surface area contributed by atoms with Crippen LogP contribution in [0.3, 0.4) is 0 Å². The first kappa shape index (κ1) is 15.0. The molecule has 102 valence electrons. The summed E-state index contributed by atoms with van der Waals surface area (Å²) in [6.07, 6.45) is 3.24. The maximum absolute atomic E-state index is 10.9. The molecule has 0 aliphatic heterocycles. The second-order valence-corrected chi connectivity index (χ2v) is 4.48. The first-order valence-corrected chi connectivity index (χ1v) is 6.25. The second-order valence-electron chi connectivity index (χ2n) is 4.48. The fourth-order valence-corrected chi connectivity index (χ4v) is 1.49. The Morgan fingerprint density at radius 3 is 2.58 bits per heavy atom. The molecule has 3 nitrogen and oxygen atoms in total. The van der Waals surface area contributed by atoms with Crippen molar-refractivity contribution in [2.75, 3.05) is 6.61 Å². The largest absolute Gasteiger partial charge is 0.493 e. The maximum Gasteiger partial charge on any atom is 0.150 e. The molecule has 0 aliphatic rings. The van der Waals surface area contributed by atoms with Crippen molar-refractivity contribution in [1.29, 1.82) is 0 Å². The molecule has 0 saturated heterocycles. The van der Waals surface area contributed by atoms with Gasteiger partial charge < -0.3 is 9.47 Å². The molecule has 0 amide bonds. The van der Waals surface area contributed by atoms with Gasteiger partial charge in [-0.15, -0.1) is 0 Å². The Balaban J connectivity index is 2.73. The molecule has 0 spiro atoms. The summed E-state index contributed by atoms with van der Waals surface area (Å²) >= 11 is 0. The minimum atomic E-state index is 0.0512. The summed E-state index contributed by atoms with van der Waals surface area (Å²) in [4.78, 5) is 10.9. The zero-order chi connectivity index (χ0) is 14.3. The van der Waals surface area contributed by atoms with Gasteiger partial charge >= 0.3 is 0 Å². The van der Waals surface area contributed by atoms with Crippen LogP contribution in [0.4, 0.5) is 0 Å². The Morgan fingerprint density at radius 2 is 2.00 bits per heavy atom. The van der Waals surface area contributed by atoms with Gasteiger partial charge in [0.05, 0.1) is 12.7 Å². The van der Waals surface area contributed by atoms with Crippen molar-refractivity contribution in [3.63, 3.8) is 0 Å². The molecule has 0 saturated carbocycles. The van der Waals surface area contributed by atoms with E-state index in [-0.39, 0.29) is 6.10 Å². The molecule has 0 aromatic heterocycles. The van der Waals surface area contributed by atoms with Gasteiger partial charge in [0.2, 0.25) is 0 Å². The van der Waals surface area contributed by atoms with Gasteiger partial charge in [0.15, 0.2) is 0 Å². The highest BCUT2D eigenvalue weighted by molar-refractivity contribution is 5.76. The van der Waals surface area contributed by atoms with Gasteiger partial charge in [0.25, 0.3) is 0 Å². The number of ether oxygens (including phenoxy) is 2. The van der Waals surface area contributed by atoms with Crippen LogP contribution < -0.4 is 9.47 Å². The van der Waals surface area contributed by atoms with Crippen LogP contribution in [0.15, 0.2) is 43.0 Å². The summed E-state index contributed by atoms with van der Waals surface area (Å²) in [5.41, 5.74) is 1.46. The molecule has 0 heterocycles. The Bertz CT molecular complexity index is 461. The van der Waals surface area contributed by atoms with Gasteiger partial charge in [-0.2, -0.15) is 0 Å². The molecular formula is C16H20O3. The predicted octanol–water partition coefficient (Wildman–Crippen LogP) is 3.80. The SMILES string of the molecule is C=CC(=C)CCOc1cc(C=O)cc(OC(C)C)c1. The number of benzene rings is 1. The molecule has 0 atom stereocenters. The molecule has 0 aliphatic carbocycles. The number of hydrogen-bond donors (Lipinski definition) is 0. The fourth-order valence-electron chi connectivity index (χ4n) is 1.49. The van der Waals surface area contributed by atoms with Crippen molar-refractivity contribution in [2.45, 2.75) is 26.4 Å². The minimum absolute atomic E-state index is 0.0512. The Labute approximate surface area is 114 Å². The molecule has 1 aromatic carbocycles. The number of carbonyl (C=O) groups excluding carboxylic acids is 1. The van der Waals surface area contributed by atoms with Crippen LogP contribution in [0.25, 0.3) is 0 Å². The van der Waals surface area contributed by atoms with E-state index in [4.69, 9.17) is 9.47 Å². The van der Waals surface area contributed by atoms with Gasteiger partial charge in [-0.05, 0) is 26.0 Å². The predicted molar refractivity (Wildman–Crippen MR) is 77.0 cm³/mol. The zero-order valence-corrected chi connectivity index (χ0v) is 11.5. The van der Waals surface area contributed by atoms with Crippen molar-refractivity contribution in [3.05, 3.63) is 48.6 Å². The maximum atomic E-state index is 10.9. The van der Waals surface area contributed by atoms with Gasteiger partial charge in [0, 0.05) is 18.1 Å². The van der Waals surface area contributed by atoms with E-state index in [9.17, 15) is 4.79 Å². The van der Waals surface area contributed by atoms with Gasteiger partial charge in [-0.3, -0.25) is 4.79 Å². The molecule has 1 rings (SSSR count). The van der Waals surface area contributed by atoms with E-state index in [1.54, 1.807) is 24.3 Å². The molecule has 1 aromatic rings. The van der Waals surface area contributed by atoms with Crippen LogP contribution in [0.1, 0.15) is 30.6 Å². The Kier molecular flexibility index (Phi) is 5.86. The van der Waals surface area contributed by atoms with Gasteiger partial charge in [-0.1, -0.05) is 24.8 Å². The lowest BCUT2D eigenvalue weighted by Gasteiger charge is -2.12. The first-order chi connectivity index (χ1) is 9.05. The average Bonchev–Trinajstić information content (AvgIpc) is 2.37. The van der Waals surface area contributed by atoms with E-state index >= 15 is 0 Å². The van der Waals surface area contributed by atoms with Crippen molar-refractivity contribution in [2.24, 2.45) is 0 Å². The Morgan fingerprint density at radius 1 is 1.32 bits per heavy atom. The fraction of sp³-hybridized carbons (Fsp3) is 0.312. The average molecular weight is 260 g/mol. The van der Waals surface area contributed by atoms with Gasteiger partial charge in [0.1, 0.15) is 17.8 Å². The van der Waals surface area contributed by atoms with Crippen molar-refractivity contribution >= 4 is 6.29 Å². The molecule has 3 heteroatoms. The Hall–Kier alpha value is -2.03. The normalized spacial score (nSPS) is 10.1. The quantitative estimate of drug-likeness (QED) is 0.527. The molecule has 0 bridgehead atoms. The number of rotatable bonds is 8. The first-order valence-electron chi connectivity index (χ1n) is 6.25. The number of allylic oxidation sites excluding steroid dienone is 1. The zero-order valence-electron chi connectivity index (χ0n) is 11.5. The third-order valence-corrected chi connectivity index (χ3v) is 2.39. The molecule has 0 unspecified atom stereocenters. The van der Waals surface area contributed by atoms with E-state index in [0.29, 0.717) is 30.1 Å². The van der Waals surface area contributed by atoms with Crippen molar-refractivity contribution < 1.29 is 14.3 Å². The lowest BCUT2D eigenvalue weighted by atomic mass is 10.2. The molecule has 19 heavy (non-hydrogen) atoms. The topological polar surface area (TPSA) is 35.5 Å². The van der Waals surface area contributed by atoms with E-state index in [1.165, 1.54) is 0 Å². The minimum Gasteiger partial charge on any atom is -0.493 e. The van der Waals surface area contributed by atoms with Crippen molar-refractivity contribution in [1.82, 2.24) is 0 Å². The van der Waals surface area contributed by atoms with Crippen LogP contribution in [-0.4, -0.2) is 19.0 Å². The summed E-state index contributed by atoms with van der Waals surface area (Å²) < 4.78 is 11.2. The summed E-state index contributed by atoms with van der Waals surface area (Å²) in [5, 5.41) is 0. The molecule has 0 radical (unpaired) electrons. The smallest absolute Gasteiger partial charge is 0.150 e. The van der Waals surface area contributed by atoms with Crippen LogP contribution in [-0.2, 0) is 0 Å². The lowest BCUT2D eigenvalue weighted by molar-refractivity contribution is 0.112. The van der Waals surface area contributed by atoms with Gasteiger partial charge in [-0.25, -0.2) is 0 Å². The van der Waals surface area contributed by atoms with E-state index in [2.05, 4.69) is 13.2 Å². The summed E-state index contributed by atoms with van der Waals surface area (Å²) in [6.45, 7) is 11.8. The highest BCUT2D eigenvalue weighted by Gasteiger charge is 2.04.